The number of nitrogens with zero attached hydrogens (tertiary/aromatic N) is 2. The first-order valence-corrected chi connectivity index (χ1v) is 5.97. The molecule has 1 aromatic carbocycles. The van der Waals surface area contributed by atoms with Gasteiger partial charge in [-0.15, -0.1) is 0 Å². The van der Waals surface area contributed by atoms with Gasteiger partial charge in [0, 0.05) is 23.5 Å². The summed E-state index contributed by atoms with van der Waals surface area (Å²) in [5.41, 5.74) is 2.49. The topological polar surface area (TPSA) is 46.9 Å². The zero-order valence-corrected chi connectivity index (χ0v) is 11.0. The second-order valence-corrected chi connectivity index (χ2v) is 4.57. The third-order valence-electron chi connectivity index (χ3n) is 2.55. The lowest BCUT2D eigenvalue weighted by molar-refractivity contribution is -0.115. The lowest BCUT2D eigenvalue weighted by Crippen LogP contribution is -2.16. The molecule has 0 atom stereocenters. The van der Waals surface area contributed by atoms with Gasteiger partial charge in [-0.1, -0.05) is 17.7 Å². The van der Waals surface area contributed by atoms with Gasteiger partial charge in [-0.2, -0.15) is 5.10 Å². The Labute approximate surface area is 111 Å². The van der Waals surface area contributed by atoms with Crippen LogP contribution in [0.25, 0.3) is 0 Å². The molecule has 0 saturated heterocycles. The molecule has 0 saturated carbocycles. The van der Waals surface area contributed by atoms with E-state index in [1.807, 2.05) is 20.0 Å². The minimum atomic E-state index is -0.0831. The summed E-state index contributed by atoms with van der Waals surface area (Å²) in [7, 11) is 1.83. The summed E-state index contributed by atoms with van der Waals surface area (Å²) in [4.78, 5) is 11.9. The highest BCUT2D eigenvalue weighted by atomic mass is 35.5. The van der Waals surface area contributed by atoms with Gasteiger partial charge in [-0.05, 0) is 31.2 Å². The third kappa shape index (κ3) is 3.11. The highest BCUT2D eigenvalue weighted by Crippen LogP contribution is 2.15. The lowest BCUT2D eigenvalue weighted by Gasteiger charge is -2.05. The zero-order valence-electron chi connectivity index (χ0n) is 10.3. The van der Waals surface area contributed by atoms with E-state index in [9.17, 15) is 4.79 Å². The van der Waals surface area contributed by atoms with Gasteiger partial charge >= 0.3 is 0 Å². The monoisotopic (exact) mass is 263 g/mol. The number of carbonyl (C=O) groups excluding carboxylic acids is 1. The fourth-order valence-electron chi connectivity index (χ4n) is 1.77. The Morgan fingerprint density at radius 2 is 2.22 bits per heavy atom. The second kappa shape index (κ2) is 5.23. The molecule has 4 nitrogen and oxygen atoms in total. The maximum atomic E-state index is 11.9. The van der Waals surface area contributed by atoms with Crippen molar-refractivity contribution < 1.29 is 4.79 Å². The number of aromatic nitrogens is 2. The van der Waals surface area contributed by atoms with Gasteiger partial charge in [0.25, 0.3) is 0 Å². The van der Waals surface area contributed by atoms with Gasteiger partial charge in [0.15, 0.2) is 0 Å². The molecule has 1 aromatic heterocycles. The van der Waals surface area contributed by atoms with Crippen molar-refractivity contribution >= 4 is 23.2 Å². The van der Waals surface area contributed by atoms with Crippen molar-refractivity contribution in [3.05, 3.63) is 46.7 Å². The fourth-order valence-corrected chi connectivity index (χ4v) is 1.96. The van der Waals surface area contributed by atoms with Gasteiger partial charge in [0.2, 0.25) is 5.91 Å². The van der Waals surface area contributed by atoms with E-state index in [1.165, 1.54) is 0 Å². The molecule has 94 valence electrons. The Balaban J connectivity index is 2.03. The van der Waals surface area contributed by atoms with E-state index >= 15 is 0 Å². The molecule has 2 aromatic rings. The number of amides is 1. The van der Waals surface area contributed by atoms with Crippen LogP contribution in [0, 0.1) is 6.92 Å². The van der Waals surface area contributed by atoms with E-state index < -0.39 is 0 Å². The Kier molecular flexibility index (Phi) is 3.67. The number of hydrogen-bond donors (Lipinski definition) is 1. The summed E-state index contributed by atoms with van der Waals surface area (Å²) in [6, 6.07) is 8.98. The van der Waals surface area contributed by atoms with Crippen LogP contribution in [0.5, 0.6) is 0 Å². The van der Waals surface area contributed by atoms with E-state index in [0.29, 0.717) is 17.1 Å². The quantitative estimate of drug-likeness (QED) is 0.925. The number of benzene rings is 1. The van der Waals surface area contributed by atoms with Crippen molar-refractivity contribution in [1.82, 2.24) is 9.78 Å². The number of nitrogens with one attached hydrogen (secondary N) is 1. The summed E-state index contributed by atoms with van der Waals surface area (Å²) < 4.78 is 1.72. The number of anilines is 1. The fraction of sp³-hybridized carbons (Fsp3) is 0.231. The average Bonchev–Trinajstić information content (AvgIpc) is 2.57. The molecule has 5 heteroatoms. The maximum Gasteiger partial charge on any atom is 0.230 e. The van der Waals surface area contributed by atoms with Crippen LogP contribution in [0.2, 0.25) is 5.02 Å². The number of rotatable bonds is 3. The van der Waals surface area contributed by atoms with Crippen LogP contribution in [0.15, 0.2) is 30.3 Å². The Hall–Kier alpha value is -1.81. The van der Waals surface area contributed by atoms with Crippen molar-refractivity contribution in [2.24, 2.45) is 7.05 Å². The molecule has 0 spiro atoms. The summed E-state index contributed by atoms with van der Waals surface area (Å²) in [5, 5.41) is 7.61. The summed E-state index contributed by atoms with van der Waals surface area (Å²) in [6.45, 7) is 1.90. The van der Waals surface area contributed by atoms with E-state index in [0.717, 1.165) is 11.4 Å². The SMILES string of the molecule is Cc1cc(CC(=O)Nc2cccc(Cl)c2)n(C)n1. The molecule has 1 heterocycles. The number of carbonyl (C=O) groups is 1. The largest absolute Gasteiger partial charge is 0.326 e. The Morgan fingerprint density at radius 3 is 2.83 bits per heavy atom. The third-order valence-corrected chi connectivity index (χ3v) is 2.78. The summed E-state index contributed by atoms with van der Waals surface area (Å²) in [6.07, 6.45) is 0.295. The van der Waals surface area contributed by atoms with Crippen LogP contribution >= 0.6 is 11.6 Å². The second-order valence-electron chi connectivity index (χ2n) is 4.14. The van der Waals surface area contributed by atoms with Crippen molar-refractivity contribution in [3.8, 4) is 0 Å². The smallest absolute Gasteiger partial charge is 0.230 e. The maximum absolute atomic E-state index is 11.9. The molecular weight excluding hydrogens is 250 g/mol. The van der Waals surface area contributed by atoms with Gasteiger partial charge in [0.1, 0.15) is 0 Å². The van der Waals surface area contributed by atoms with Crippen molar-refractivity contribution in [2.45, 2.75) is 13.3 Å². The first-order chi connectivity index (χ1) is 8.54. The molecule has 0 fully saturated rings. The molecule has 0 aliphatic rings. The molecule has 0 aliphatic heterocycles. The zero-order chi connectivity index (χ0) is 13.1. The Morgan fingerprint density at radius 1 is 1.44 bits per heavy atom. The van der Waals surface area contributed by atoms with Gasteiger partial charge < -0.3 is 5.32 Å². The number of aryl methyl sites for hydroxylation is 2. The van der Waals surface area contributed by atoms with Crippen molar-refractivity contribution in [1.29, 1.82) is 0 Å². The van der Waals surface area contributed by atoms with Crippen LogP contribution < -0.4 is 5.32 Å². The first-order valence-electron chi connectivity index (χ1n) is 5.59. The van der Waals surface area contributed by atoms with Crippen molar-refractivity contribution in [2.75, 3.05) is 5.32 Å². The lowest BCUT2D eigenvalue weighted by atomic mass is 10.2. The van der Waals surface area contributed by atoms with Crippen LogP contribution in [0.1, 0.15) is 11.4 Å². The van der Waals surface area contributed by atoms with Crippen LogP contribution in [0.3, 0.4) is 0 Å². The molecule has 0 unspecified atom stereocenters. The number of hydrogen-bond acceptors (Lipinski definition) is 2. The van der Waals surface area contributed by atoms with Crippen LogP contribution in [0.4, 0.5) is 5.69 Å². The molecule has 0 radical (unpaired) electrons. The summed E-state index contributed by atoms with van der Waals surface area (Å²) >= 11 is 5.85. The van der Waals surface area contributed by atoms with E-state index in [4.69, 9.17) is 11.6 Å². The minimum absolute atomic E-state index is 0.0831. The van der Waals surface area contributed by atoms with E-state index in [-0.39, 0.29) is 5.91 Å². The van der Waals surface area contributed by atoms with E-state index in [2.05, 4.69) is 10.4 Å². The molecule has 0 bridgehead atoms. The molecular formula is C13H14ClN3O. The molecule has 1 N–H and O–H groups in total. The first kappa shape index (κ1) is 12.6. The molecule has 18 heavy (non-hydrogen) atoms. The standard InChI is InChI=1S/C13H14ClN3O/c1-9-6-12(17(2)16-9)8-13(18)15-11-5-3-4-10(14)7-11/h3-7H,8H2,1-2H3,(H,15,18). The van der Waals surface area contributed by atoms with Gasteiger partial charge in [-0.3, -0.25) is 9.48 Å². The average molecular weight is 264 g/mol. The minimum Gasteiger partial charge on any atom is -0.326 e. The van der Waals surface area contributed by atoms with Gasteiger partial charge in [-0.25, -0.2) is 0 Å². The van der Waals surface area contributed by atoms with Crippen LogP contribution in [-0.4, -0.2) is 15.7 Å². The molecule has 2 rings (SSSR count). The highest BCUT2D eigenvalue weighted by Gasteiger charge is 2.08. The highest BCUT2D eigenvalue weighted by molar-refractivity contribution is 6.30. The Bertz CT molecular complexity index is 577. The van der Waals surface area contributed by atoms with Crippen LogP contribution in [-0.2, 0) is 18.3 Å². The molecule has 1 amide bonds. The molecule has 0 aliphatic carbocycles. The number of halogens is 1. The predicted octanol–water partition coefficient (Wildman–Crippen LogP) is 2.56. The van der Waals surface area contributed by atoms with E-state index in [1.54, 1.807) is 28.9 Å². The normalized spacial score (nSPS) is 10.4. The predicted molar refractivity (Wildman–Crippen MR) is 71.7 cm³/mol. The van der Waals surface area contributed by atoms with Crippen molar-refractivity contribution in [3.63, 3.8) is 0 Å². The summed E-state index contributed by atoms with van der Waals surface area (Å²) in [5.74, 6) is -0.0831. The van der Waals surface area contributed by atoms with Gasteiger partial charge in [0.05, 0.1) is 12.1 Å².